The van der Waals surface area contributed by atoms with E-state index in [1.165, 1.54) is 11.3 Å². The van der Waals surface area contributed by atoms with Gasteiger partial charge in [0.25, 0.3) is 5.91 Å². The number of hydrogen-bond acceptors (Lipinski definition) is 6. The molecule has 2 aromatic carbocycles. The number of amides is 2. The van der Waals surface area contributed by atoms with E-state index >= 15 is 0 Å². The molecule has 1 heterocycles. The van der Waals surface area contributed by atoms with Crippen LogP contribution >= 0.6 is 11.3 Å². The second-order valence-electron chi connectivity index (χ2n) is 7.65. The SMILES string of the molecule is CCOc1ccc2nc(NC(=O)COc3cccc(NC(=O)C(C)(C)C)c3)sc2c1. The van der Waals surface area contributed by atoms with Crippen LogP contribution in [0.1, 0.15) is 27.7 Å². The molecule has 0 aliphatic heterocycles. The van der Waals surface area contributed by atoms with Crippen LogP contribution in [0.4, 0.5) is 10.8 Å². The van der Waals surface area contributed by atoms with Gasteiger partial charge in [0.2, 0.25) is 5.91 Å². The highest BCUT2D eigenvalue weighted by atomic mass is 32.1. The van der Waals surface area contributed by atoms with Crippen molar-refractivity contribution in [3.05, 3.63) is 42.5 Å². The van der Waals surface area contributed by atoms with Gasteiger partial charge in [0.1, 0.15) is 11.5 Å². The van der Waals surface area contributed by atoms with Gasteiger partial charge in [0, 0.05) is 17.2 Å². The Morgan fingerprint density at radius 3 is 2.53 bits per heavy atom. The van der Waals surface area contributed by atoms with Gasteiger partial charge < -0.3 is 14.8 Å². The molecule has 8 heteroatoms. The van der Waals surface area contributed by atoms with E-state index < -0.39 is 5.41 Å². The van der Waals surface area contributed by atoms with Crippen molar-refractivity contribution in [1.29, 1.82) is 0 Å². The molecule has 0 fully saturated rings. The second-order valence-corrected chi connectivity index (χ2v) is 8.68. The maximum atomic E-state index is 12.3. The number of nitrogens with zero attached hydrogens (tertiary/aromatic N) is 1. The molecular weight excluding hydrogens is 402 g/mol. The fraction of sp³-hybridized carbons (Fsp3) is 0.318. The Labute approximate surface area is 179 Å². The lowest BCUT2D eigenvalue weighted by Crippen LogP contribution is -2.27. The fourth-order valence-corrected chi connectivity index (χ4v) is 3.41. The zero-order valence-electron chi connectivity index (χ0n) is 17.4. The largest absolute Gasteiger partial charge is 0.494 e. The molecule has 0 saturated heterocycles. The summed E-state index contributed by atoms with van der Waals surface area (Å²) in [7, 11) is 0. The molecule has 30 heavy (non-hydrogen) atoms. The average molecular weight is 428 g/mol. The van der Waals surface area contributed by atoms with Crippen LogP contribution in [-0.2, 0) is 9.59 Å². The molecule has 0 atom stereocenters. The van der Waals surface area contributed by atoms with E-state index in [1.54, 1.807) is 24.3 Å². The third-order valence-corrected chi connectivity index (χ3v) is 4.99. The molecule has 2 amide bonds. The number of ether oxygens (including phenoxy) is 2. The van der Waals surface area contributed by atoms with Crippen molar-refractivity contribution in [3.63, 3.8) is 0 Å². The molecule has 158 valence electrons. The smallest absolute Gasteiger partial charge is 0.264 e. The minimum absolute atomic E-state index is 0.0966. The lowest BCUT2D eigenvalue weighted by Gasteiger charge is -2.18. The molecule has 0 bridgehead atoms. The summed E-state index contributed by atoms with van der Waals surface area (Å²) in [6, 6.07) is 12.6. The lowest BCUT2D eigenvalue weighted by atomic mass is 9.95. The van der Waals surface area contributed by atoms with E-state index in [9.17, 15) is 9.59 Å². The van der Waals surface area contributed by atoms with E-state index in [0.717, 1.165) is 16.0 Å². The molecule has 0 spiro atoms. The average Bonchev–Trinajstić information content (AvgIpc) is 3.07. The summed E-state index contributed by atoms with van der Waals surface area (Å²) in [4.78, 5) is 28.8. The van der Waals surface area contributed by atoms with Gasteiger partial charge in [-0.2, -0.15) is 0 Å². The van der Waals surface area contributed by atoms with Gasteiger partial charge >= 0.3 is 0 Å². The number of hydrogen-bond donors (Lipinski definition) is 2. The van der Waals surface area contributed by atoms with E-state index in [1.807, 2.05) is 45.9 Å². The van der Waals surface area contributed by atoms with E-state index in [2.05, 4.69) is 15.6 Å². The number of thiazole rings is 1. The first kappa shape index (κ1) is 21.6. The van der Waals surface area contributed by atoms with Gasteiger partial charge in [0.05, 0.1) is 16.8 Å². The molecule has 3 aromatic rings. The topological polar surface area (TPSA) is 89.6 Å². The molecule has 2 N–H and O–H groups in total. The molecule has 0 unspecified atom stereocenters. The number of rotatable bonds is 7. The van der Waals surface area contributed by atoms with E-state index in [0.29, 0.717) is 23.2 Å². The minimum Gasteiger partial charge on any atom is -0.494 e. The summed E-state index contributed by atoms with van der Waals surface area (Å²) in [5, 5.41) is 6.09. The molecular formula is C22H25N3O4S. The second kappa shape index (κ2) is 9.13. The maximum Gasteiger partial charge on any atom is 0.264 e. The van der Waals surface area contributed by atoms with Crippen molar-refractivity contribution in [2.75, 3.05) is 23.8 Å². The highest BCUT2D eigenvalue weighted by Gasteiger charge is 2.21. The van der Waals surface area contributed by atoms with Gasteiger partial charge in [-0.1, -0.05) is 38.2 Å². The first-order chi connectivity index (χ1) is 14.2. The summed E-state index contributed by atoms with van der Waals surface area (Å²) in [5.41, 5.74) is 0.906. The fourth-order valence-electron chi connectivity index (χ4n) is 2.50. The number of carbonyl (C=O) groups excluding carboxylic acids is 2. The van der Waals surface area contributed by atoms with Crippen molar-refractivity contribution in [1.82, 2.24) is 4.98 Å². The number of aromatic nitrogens is 1. The molecule has 0 saturated carbocycles. The first-order valence-electron chi connectivity index (χ1n) is 9.62. The summed E-state index contributed by atoms with van der Waals surface area (Å²) >= 11 is 1.37. The molecule has 7 nitrogen and oxygen atoms in total. The molecule has 3 rings (SSSR count). The Bertz CT molecular complexity index is 1060. The van der Waals surface area contributed by atoms with Crippen LogP contribution in [-0.4, -0.2) is 30.0 Å². The summed E-state index contributed by atoms with van der Waals surface area (Å²) < 4.78 is 12.0. The molecule has 0 aliphatic carbocycles. The zero-order valence-corrected chi connectivity index (χ0v) is 18.3. The van der Waals surface area contributed by atoms with Crippen molar-refractivity contribution >= 4 is 44.2 Å². The summed E-state index contributed by atoms with van der Waals surface area (Å²) in [5.74, 6) is 0.847. The van der Waals surface area contributed by atoms with Crippen LogP contribution in [0.5, 0.6) is 11.5 Å². The predicted molar refractivity (Wildman–Crippen MR) is 119 cm³/mol. The van der Waals surface area contributed by atoms with Gasteiger partial charge in [-0.05, 0) is 37.3 Å². The van der Waals surface area contributed by atoms with Crippen LogP contribution in [0, 0.1) is 5.41 Å². The number of carbonyl (C=O) groups is 2. The summed E-state index contributed by atoms with van der Waals surface area (Å²) in [6.45, 7) is 7.87. The van der Waals surface area contributed by atoms with Gasteiger partial charge in [-0.25, -0.2) is 4.98 Å². The van der Waals surface area contributed by atoms with Crippen LogP contribution in [0.25, 0.3) is 10.2 Å². The lowest BCUT2D eigenvalue weighted by molar-refractivity contribution is -0.123. The number of nitrogens with one attached hydrogen (secondary N) is 2. The highest BCUT2D eigenvalue weighted by molar-refractivity contribution is 7.22. The van der Waals surface area contributed by atoms with E-state index in [-0.39, 0.29) is 18.4 Å². The quantitative estimate of drug-likeness (QED) is 0.571. The van der Waals surface area contributed by atoms with Crippen molar-refractivity contribution in [2.45, 2.75) is 27.7 Å². The van der Waals surface area contributed by atoms with Crippen LogP contribution in [0.15, 0.2) is 42.5 Å². The van der Waals surface area contributed by atoms with Crippen LogP contribution < -0.4 is 20.1 Å². The first-order valence-corrected chi connectivity index (χ1v) is 10.4. The van der Waals surface area contributed by atoms with Gasteiger partial charge in [0.15, 0.2) is 11.7 Å². The Morgan fingerprint density at radius 2 is 1.80 bits per heavy atom. The number of anilines is 2. The summed E-state index contributed by atoms with van der Waals surface area (Å²) in [6.07, 6.45) is 0. The Kier molecular flexibility index (Phi) is 6.56. The number of fused-ring (bicyclic) bond motifs is 1. The monoisotopic (exact) mass is 427 g/mol. The normalized spacial score (nSPS) is 11.2. The van der Waals surface area contributed by atoms with Crippen LogP contribution in [0.2, 0.25) is 0 Å². The van der Waals surface area contributed by atoms with Crippen molar-refractivity contribution < 1.29 is 19.1 Å². The molecule has 0 aliphatic rings. The Balaban J connectivity index is 1.57. The number of benzene rings is 2. The van der Waals surface area contributed by atoms with E-state index in [4.69, 9.17) is 9.47 Å². The van der Waals surface area contributed by atoms with Crippen molar-refractivity contribution in [2.24, 2.45) is 5.41 Å². The third-order valence-electron chi connectivity index (χ3n) is 4.06. The van der Waals surface area contributed by atoms with Crippen LogP contribution in [0.3, 0.4) is 0 Å². The zero-order chi connectivity index (χ0) is 21.7. The maximum absolute atomic E-state index is 12.3. The standard InChI is InChI=1S/C22H25N3O4S/c1-5-28-16-9-10-17-18(12-16)30-21(24-17)25-19(26)13-29-15-8-6-7-14(11-15)23-20(27)22(2,3)4/h6-12H,5,13H2,1-4H3,(H,23,27)(H,24,25,26). The van der Waals surface area contributed by atoms with Gasteiger partial charge in [-0.15, -0.1) is 0 Å². The molecule has 1 aromatic heterocycles. The molecule has 0 radical (unpaired) electrons. The highest BCUT2D eigenvalue weighted by Crippen LogP contribution is 2.29. The minimum atomic E-state index is -0.503. The Hall–Kier alpha value is -3.13. The van der Waals surface area contributed by atoms with Crippen molar-refractivity contribution in [3.8, 4) is 11.5 Å². The predicted octanol–water partition coefficient (Wildman–Crippen LogP) is 4.70. The third kappa shape index (κ3) is 5.70. The Morgan fingerprint density at radius 1 is 1.03 bits per heavy atom. The van der Waals surface area contributed by atoms with Gasteiger partial charge in [-0.3, -0.25) is 14.9 Å².